The molecule has 0 unspecified atom stereocenters. The molecule has 0 radical (unpaired) electrons. The van der Waals surface area contributed by atoms with Gasteiger partial charge < -0.3 is 15.6 Å². The van der Waals surface area contributed by atoms with Gasteiger partial charge in [0.1, 0.15) is 4.92 Å². The molecule has 0 atom stereocenters. The Morgan fingerprint density at radius 2 is 1.72 bits per heavy atom. The second-order valence-electron chi connectivity index (χ2n) is 6.57. The van der Waals surface area contributed by atoms with Gasteiger partial charge in [0.2, 0.25) is 0 Å². The van der Waals surface area contributed by atoms with Gasteiger partial charge in [-0.2, -0.15) is 5.84 Å². The van der Waals surface area contributed by atoms with Gasteiger partial charge in [-0.15, -0.1) is 5.43 Å². The SMILES string of the molecule is N=[N+](N)NCCNc1cccc2c1[nH]c1ccc(Nc3ccc(Cl)c(Cl)c3)cc12. The highest BCUT2D eigenvalue weighted by Crippen LogP contribution is 2.33. The van der Waals surface area contributed by atoms with Gasteiger partial charge in [0.05, 0.1) is 27.8 Å². The Kier molecular flexibility index (Phi) is 5.33. The molecule has 0 saturated heterocycles. The van der Waals surface area contributed by atoms with Gasteiger partial charge in [-0.3, -0.25) is 0 Å². The van der Waals surface area contributed by atoms with Gasteiger partial charge in [-0.05, 0) is 42.5 Å². The number of para-hydroxylation sites is 1. The maximum atomic E-state index is 7.13. The maximum absolute atomic E-state index is 7.13. The molecule has 4 aromatic rings. The fourth-order valence-corrected chi connectivity index (χ4v) is 3.56. The van der Waals surface area contributed by atoms with E-state index in [0.717, 1.165) is 38.9 Å². The third-order valence-corrected chi connectivity index (χ3v) is 5.30. The number of hydrazine groups is 2. The van der Waals surface area contributed by atoms with Crippen LogP contribution in [0.5, 0.6) is 0 Å². The molecule has 7 nitrogen and oxygen atoms in total. The summed E-state index contributed by atoms with van der Waals surface area (Å²) in [5.41, 5.74) is 14.7. The molecular weight excluding hydrogens is 409 g/mol. The molecule has 0 aliphatic carbocycles. The minimum absolute atomic E-state index is 0.512. The molecule has 9 heteroatoms. The highest BCUT2D eigenvalue weighted by Gasteiger charge is 2.09. The summed E-state index contributed by atoms with van der Waals surface area (Å²) in [5, 5.41) is 10.0. The topological polar surface area (TPSA) is 105 Å². The van der Waals surface area contributed by atoms with E-state index in [-0.39, 0.29) is 0 Å². The zero-order valence-corrected chi connectivity index (χ0v) is 16.9. The van der Waals surface area contributed by atoms with Crippen molar-refractivity contribution in [3.05, 3.63) is 64.6 Å². The highest BCUT2D eigenvalue weighted by molar-refractivity contribution is 6.42. The van der Waals surface area contributed by atoms with Gasteiger partial charge in [0.15, 0.2) is 0 Å². The van der Waals surface area contributed by atoms with Crippen molar-refractivity contribution in [2.75, 3.05) is 23.7 Å². The number of nitrogens with two attached hydrogens (primary N) is 1. The molecule has 0 amide bonds. The first-order valence-corrected chi connectivity index (χ1v) is 9.77. The number of anilines is 3. The first-order valence-electron chi connectivity index (χ1n) is 9.01. The van der Waals surface area contributed by atoms with Gasteiger partial charge in [0, 0.05) is 39.7 Å². The summed E-state index contributed by atoms with van der Waals surface area (Å²) in [6.07, 6.45) is 0. The lowest BCUT2D eigenvalue weighted by Crippen LogP contribution is -2.35. The third-order valence-electron chi connectivity index (χ3n) is 4.56. The van der Waals surface area contributed by atoms with Gasteiger partial charge in [-0.25, -0.2) is 0 Å². The van der Waals surface area contributed by atoms with Crippen molar-refractivity contribution in [3.63, 3.8) is 0 Å². The molecule has 29 heavy (non-hydrogen) atoms. The van der Waals surface area contributed by atoms with E-state index in [9.17, 15) is 0 Å². The molecular formula is C20H20Cl2N7+. The van der Waals surface area contributed by atoms with Crippen LogP contribution in [0, 0.1) is 5.53 Å². The number of fused-ring (bicyclic) bond motifs is 3. The Morgan fingerprint density at radius 3 is 2.52 bits per heavy atom. The van der Waals surface area contributed by atoms with Gasteiger partial charge in [-0.1, -0.05) is 35.3 Å². The normalized spacial score (nSPS) is 11.0. The minimum Gasteiger partial charge on any atom is -0.381 e. The van der Waals surface area contributed by atoms with Crippen LogP contribution >= 0.6 is 23.2 Å². The molecule has 7 N–H and O–H groups in total. The largest absolute Gasteiger partial charge is 0.381 e. The predicted molar refractivity (Wildman–Crippen MR) is 119 cm³/mol. The predicted octanol–water partition coefficient (Wildman–Crippen LogP) is 5.21. The van der Waals surface area contributed by atoms with E-state index in [2.05, 4.69) is 33.2 Å². The Hall–Kier alpha value is -3.16. The molecule has 0 saturated carbocycles. The molecule has 148 valence electrons. The first-order chi connectivity index (χ1) is 14.0. The van der Waals surface area contributed by atoms with E-state index >= 15 is 0 Å². The third kappa shape index (κ3) is 4.16. The van der Waals surface area contributed by atoms with Crippen LogP contribution < -0.4 is 21.9 Å². The van der Waals surface area contributed by atoms with Crippen molar-refractivity contribution in [3.8, 4) is 0 Å². The minimum atomic E-state index is 0.512. The van der Waals surface area contributed by atoms with Crippen LogP contribution in [0.2, 0.25) is 10.0 Å². The number of nitrogens with zero attached hydrogens (tertiary/aromatic N) is 1. The van der Waals surface area contributed by atoms with Crippen molar-refractivity contribution in [2.45, 2.75) is 0 Å². The fourth-order valence-electron chi connectivity index (χ4n) is 3.26. The molecule has 3 aromatic carbocycles. The van der Waals surface area contributed by atoms with Crippen LogP contribution in [0.25, 0.3) is 21.8 Å². The number of rotatable bonds is 7. The lowest BCUT2D eigenvalue weighted by atomic mass is 10.1. The maximum Gasteiger partial charge on any atom is 0.107 e. The number of halogens is 2. The van der Waals surface area contributed by atoms with E-state index in [1.807, 2.05) is 30.3 Å². The van der Waals surface area contributed by atoms with Crippen LogP contribution in [0.15, 0.2) is 54.6 Å². The first kappa shape index (κ1) is 19.2. The Bertz CT molecular complexity index is 1200. The van der Waals surface area contributed by atoms with E-state index in [1.54, 1.807) is 12.1 Å². The summed E-state index contributed by atoms with van der Waals surface area (Å²) in [6.45, 7) is 1.17. The van der Waals surface area contributed by atoms with Crippen molar-refractivity contribution >= 4 is 62.1 Å². The number of H-pyrrole nitrogens is 1. The second kappa shape index (κ2) is 8.06. The van der Waals surface area contributed by atoms with Crippen LogP contribution in [0.3, 0.4) is 0 Å². The number of benzene rings is 3. The highest BCUT2D eigenvalue weighted by atomic mass is 35.5. The van der Waals surface area contributed by atoms with Crippen LogP contribution in [0.4, 0.5) is 17.1 Å². The van der Waals surface area contributed by atoms with Gasteiger partial charge >= 0.3 is 0 Å². The Morgan fingerprint density at radius 1 is 0.931 bits per heavy atom. The monoisotopic (exact) mass is 428 g/mol. The molecule has 4 rings (SSSR count). The Balaban J connectivity index is 1.62. The zero-order chi connectivity index (χ0) is 20.4. The summed E-state index contributed by atoms with van der Waals surface area (Å²) in [4.78, 5) is 4.18. The summed E-state index contributed by atoms with van der Waals surface area (Å²) >= 11 is 12.1. The number of nitrogens with one attached hydrogen (secondary N) is 5. The molecule has 1 aromatic heterocycles. The summed E-state index contributed by atoms with van der Waals surface area (Å²) in [7, 11) is 0. The molecule has 0 aliphatic heterocycles. The number of aromatic nitrogens is 1. The van der Waals surface area contributed by atoms with E-state index in [0.29, 0.717) is 28.1 Å². The smallest absolute Gasteiger partial charge is 0.107 e. The Labute approximate surface area is 177 Å². The van der Waals surface area contributed by atoms with E-state index in [4.69, 9.17) is 34.6 Å². The number of hydrogen-bond donors (Lipinski definition) is 6. The van der Waals surface area contributed by atoms with Crippen LogP contribution in [-0.2, 0) is 0 Å². The van der Waals surface area contributed by atoms with Crippen LogP contribution in [-0.4, -0.2) is 23.0 Å². The molecule has 0 fully saturated rings. The fraction of sp³-hybridized carbons (Fsp3) is 0.100. The molecule has 0 aliphatic rings. The van der Waals surface area contributed by atoms with Crippen molar-refractivity contribution in [1.82, 2.24) is 10.4 Å². The number of hydrogen-bond acceptors (Lipinski definition) is 3. The van der Waals surface area contributed by atoms with Gasteiger partial charge in [0.25, 0.3) is 0 Å². The lowest BCUT2D eigenvalue weighted by Gasteiger charge is -2.08. The van der Waals surface area contributed by atoms with Crippen molar-refractivity contribution in [1.29, 1.82) is 5.53 Å². The average Bonchev–Trinajstić information content (AvgIpc) is 3.07. The quantitative estimate of drug-likeness (QED) is 0.0798. The van der Waals surface area contributed by atoms with E-state index in [1.165, 1.54) is 0 Å². The number of aromatic amines is 1. The average molecular weight is 429 g/mol. The van der Waals surface area contributed by atoms with Crippen molar-refractivity contribution < 1.29 is 4.92 Å². The second-order valence-corrected chi connectivity index (χ2v) is 7.39. The molecule has 0 spiro atoms. The zero-order valence-electron chi connectivity index (χ0n) is 15.4. The molecule has 1 heterocycles. The van der Waals surface area contributed by atoms with Crippen LogP contribution in [0.1, 0.15) is 0 Å². The molecule has 0 bridgehead atoms. The standard InChI is InChI=1S/C20H19Cl2N7/c21-16-6-4-13(11-17(16)22)27-12-5-7-18-15(10-12)14-2-1-3-19(20(14)28-18)25-8-9-26-29(23)24/h1-7,10-11,26H,8-9,23-24H2,(H,25,27)/p+1. The summed E-state index contributed by atoms with van der Waals surface area (Å²) in [5.74, 6) is 5.23. The lowest BCUT2D eigenvalue weighted by molar-refractivity contribution is -0.679. The van der Waals surface area contributed by atoms with E-state index < -0.39 is 0 Å². The summed E-state index contributed by atoms with van der Waals surface area (Å²) in [6, 6.07) is 17.8. The van der Waals surface area contributed by atoms with Crippen molar-refractivity contribution in [2.24, 2.45) is 5.84 Å². The summed E-state index contributed by atoms with van der Waals surface area (Å²) < 4.78 is 0.